The molecule has 0 spiro atoms. The molecule has 2 heterocycles. The Balaban J connectivity index is 1.23. The van der Waals surface area contributed by atoms with Crippen molar-refractivity contribution in [1.82, 2.24) is 9.97 Å². The van der Waals surface area contributed by atoms with Crippen molar-refractivity contribution in [2.45, 2.75) is 0 Å². The van der Waals surface area contributed by atoms with Gasteiger partial charge in [-0.1, -0.05) is 194 Å². The topological polar surface area (TPSA) is 25.8 Å². The van der Waals surface area contributed by atoms with Crippen molar-refractivity contribution in [2.24, 2.45) is 0 Å². The van der Waals surface area contributed by atoms with Crippen LogP contribution in [-0.4, -0.2) is 9.97 Å². The standard InChI is InChI=1S/C54H36N2/c1-5-15-37(16-6-1)39-25-29-43(30-26-39)50-34-46(35-51(55-50)44-31-27-40(28-32-44)38-17-7-2-8-18-38)49-33-45-23-13-14-24-47(45)53-48(41-19-9-3-10-20-41)36-52(56-54(49)53)42-21-11-4-12-22-42/h1-36H. The summed E-state index contributed by atoms with van der Waals surface area (Å²) >= 11 is 0. The molecule has 0 saturated heterocycles. The maximum absolute atomic E-state index is 5.53. The van der Waals surface area contributed by atoms with E-state index in [4.69, 9.17) is 9.97 Å². The Hall–Kier alpha value is -7.42. The molecule has 262 valence electrons. The second-order valence-electron chi connectivity index (χ2n) is 14.2. The first-order valence-electron chi connectivity index (χ1n) is 19.1. The third kappa shape index (κ3) is 6.34. The second kappa shape index (κ2) is 14.4. The third-order valence-corrected chi connectivity index (χ3v) is 10.7. The van der Waals surface area contributed by atoms with E-state index >= 15 is 0 Å². The number of fused-ring (bicyclic) bond motifs is 3. The molecule has 0 atom stereocenters. The molecule has 0 saturated carbocycles. The summed E-state index contributed by atoms with van der Waals surface area (Å²) in [5.74, 6) is 0. The van der Waals surface area contributed by atoms with E-state index in [0.29, 0.717) is 0 Å². The van der Waals surface area contributed by atoms with Gasteiger partial charge in [-0.2, -0.15) is 0 Å². The molecule has 0 N–H and O–H groups in total. The summed E-state index contributed by atoms with van der Waals surface area (Å²) in [5.41, 5.74) is 16.1. The molecule has 0 radical (unpaired) electrons. The van der Waals surface area contributed by atoms with Crippen LogP contribution >= 0.6 is 0 Å². The number of rotatable bonds is 7. The van der Waals surface area contributed by atoms with E-state index in [1.165, 1.54) is 33.0 Å². The van der Waals surface area contributed by atoms with E-state index in [1.54, 1.807) is 0 Å². The predicted molar refractivity (Wildman–Crippen MR) is 235 cm³/mol. The van der Waals surface area contributed by atoms with Crippen LogP contribution in [0.25, 0.3) is 100.0 Å². The van der Waals surface area contributed by atoms with Gasteiger partial charge in [0, 0.05) is 27.6 Å². The molecular weight excluding hydrogens is 677 g/mol. The van der Waals surface area contributed by atoms with E-state index < -0.39 is 0 Å². The molecule has 0 fully saturated rings. The highest BCUT2D eigenvalue weighted by molar-refractivity contribution is 6.18. The Morgan fingerprint density at radius 1 is 0.250 bits per heavy atom. The highest BCUT2D eigenvalue weighted by atomic mass is 14.7. The molecule has 0 bridgehead atoms. The van der Waals surface area contributed by atoms with Crippen LogP contribution in [0.4, 0.5) is 0 Å². The largest absolute Gasteiger partial charge is 0.248 e. The summed E-state index contributed by atoms with van der Waals surface area (Å²) in [6, 6.07) is 77.5. The first kappa shape index (κ1) is 33.2. The SMILES string of the molecule is c1ccc(-c2ccc(-c3cc(-c4cc5ccccc5c5c(-c6ccccc6)cc(-c6ccccc6)nc45)cc(-c4ccc(-c5ccccc5)cc4)n3)cc2)cc1. The fraction of sp³-hybridized carbons (Fsp3) is 0. The molecule has 10 rings (SSSR count). The first-order valence-corrected chi connectivity index (χ1v) is 19.1. The summed E-state index contributed by atoms with van der Waals surface area (Å²) in [4.78, 5) is 10.9. The summed E-state index contributed by atoms with van der Waals surface area (Å²) < 4.78 is 0. The van der Waals surface area contributed by atoms with Crippen molar-refractivity contribution in [1.29, 1.82) is 0 Å². The van der Waals surface area contributed by atoms with Crippen molar-refractivity contribution in [3.8, 4) is 78.3 Å². The number of hydrogen-bond acceptors (Lipinski definition) is 2. The molecule has 0 aliphatic carbocycles. The zero-order chi connectivity index (χ0) is 37.3. The molecule has 0 aliphatic heterocycles. The van der Waals surface area contributed by atoms with Crippen molar-refractivity contribution in [3.63, 3.8) is 0 Å². The normalized spacial score (nSPS) is 11.2. The van der Waals surface area contributed by atoms with Crippen LogP contribution in [0.2, 0.25) is 0 Å². The van der Waals surface area contributed by atoms with Crippen molar-refractivity contribution >= 4 is 21.7 Å². The summed E-state index contributed by atoms with van der Waals surface area (Å²) in [6.45, 7) is 0. The van der Waals surface area contributed by atoms with E-state index in [-0.39, 0.29) is 0 Å². The van der Waals surface area contributed by atoms with Gasteiger partial charge >= 0.3 is 0 Å². The third-order valence-electron chi connectivity index (χ3n) is 10.7. The molecule has 2 aromatic heterocycles. The Bertz CT molecular complexity index is 2860. The average Bonchev–Trinajstić information content (AvgIpc) is 3.29. The maximum atomic E-state index is 5.53. The average molecular weight is 713 g/mol. The molecule has 2 nitrogen and oxygen atoms in total. The van der Waals surface area contributed by atoms with Crippen LogP contribution in [0.5, 0.6) is 0 Å². The van der Waals surface area contributed by atoms with E-state index in [9.17, 15) is 0 Å². The van der Waals surface area contributed by atoms with Crippen LogP contribution in [-0.2, 0) is 0 Å². The van der Waals surface area contributed by atoms with Crippen molar-refractivity contribution < 1.29 is 0 Å². The lowest BCUT2D eigenvalue weighted by Gasteiger charge is -2.18. The molecule has 0 unspecified atom stereocenters. The molecule has 10 aromatic rings. The van der Waals surface area contributed by atoms with E-state index in [1.807, 2.05) is 0 Å². The smallest absolute Gasteiger partial charge is 0.0800 e. The van der Waals surface area contributed by atoms with Gasteiger partial charge in [-0.15, -0.1) is 0 Å². The lowest BCUT2D eigenvalue weighted by molar-refractivity contribution is 1.32. The lowest BCUT2D eigenvalue weighted by atomic mass is 9.89. The lowest BCUT2D eigenvalue weighted by Crippen LogP contribution is -1.96. The number of aromatic nitrogens is 2. The van der Waals surface area contributed by atoms with Crippen LogP contribution in [0.15, 0.2) is 218 Å². The van der Waals surface area contributed by atoms with Gasteiger partial charge in [0.15, 0.2) is 0 Å². The molecule has 0 amide bonds. The van der Waals surface area contributed by atoms with E-state index in [2.05, 4.69) is 218 Å². The van der Waals surface area contributed by atoms with E-state index in [0.717, 1.165) is 66.9 Å². The summed E-state index contributed by atoms with van der Waals surface area (Å²) in [7, 11) is 0. The predicted octanol–water partition coefficient (Wildman–Crippen LogP) is 14.5. The van der Waals surface area contributed by atoms with Gasteiger partial charge in [0.2, 0.25) is 0 Å². The van der Waals surface area contributed by atoms with Crippen molar-refractivity contribution in [2.75, 3.05) is 0 Å². The molecule has 8 aromatic carbocycles. The summed E-state index contributed by atoms with van der Waals surface area (Å²) in [6.07, 6.45) is 0. The van der Waals surface area contributed by atoms with Crippen LogP contribution in [0, 0.1) is 0 Å². The van der Waals surface area contributed by atoms with Crippen molar-refractivity contribution in [3.05, 3.63) is 218 Å². The van der Waals surface area contributed by atoms with Gasteiger partial charge in [-0.25, -0.2) is 9.97 Å². The monoisotopic (exact) mass is 712 g/mol. The summed E-state index contributed by atoms with van der Waals surface area (Å²) in [5, 5.41) is 3.49. The van der Waals surface area contributed by atoms with Crippen LogP contribution < -0.4 is 0 Å². The minimum atomic E-state index is 0.910. The Morgan fingerprint density at radius 2 is 0.643 bits per heavy atom. The van der Waals surface area contributed by atoms with Gasteiger partial charge in [0.05, 0.1) is 22.6 Å². The van der Waals surface area contributed by atoms with Gasteiger partial charge < -0.3 is 0 Å². The van der Waals surface area contributed by atoms with Gasteiger partial charge in [0.1, 0.15) is 0 Å². The second-order valence-corrected chi connectivity index (χ2v) is 14.2. The fourth-order valence-electron chi connectivity index (χ4n) is 7.82. The van der Waals surface area contributed by atoms with Crippen LogP contribution in [0.3, 0.4) is 0 Å². The highest BCUT2D eigenvalue weighted by Gasteiger charge is 2.19. The molecule has 0 aliphatic rings. The Kier molecular flexibility index (Phi) is 8.55. The Morgan fingerprint density at radius 3 is 1.18 bits per heavy atom. The molecule has 2 heteroatoms. The number of benzene rings is 8. The molecular formula is C54H36N2. The van der Waals surface area contributed by atoms with Gasteiger partial charge in [0.25, 0.3) is 0 Å². The zero-order valence-electron chi connectivity index (χ0n) is 30.7. The van der Waals surface area contributed by atoms with Crippen LogP contribution in [0.1, 0.15) is 0 Å². The quantitative estimate of drug-likeness (QED) is 0.154. The molecule has 56 heavy (non-hydrogen) atoms. The number of nitrogens with zero attached hydrogens (tertiary/aromatic N) is 2. The van der Waals surface area contributed by atoms with Gasteiger partial charge in [-0.3, -0.25) is 0 Å². The zero-order valence-corrected chi connectivity index (χ0v) is 30.7. The first-order chi connectivity index (χ1) is 27.7. The minimum absolute atomic E-state index is 0.910. The number of hydrogen-bond donors (Lipinski definition) is 0. The minimum Gasteiger partial charge on any atom is -0.248 e. The Labute approximate surface area is 327 Å². The highest BCUT2D eigenvalue weighted by Crippen LogP contribution is 2.43. The maximum Gasteiger partial charge on any atom is 0.0800 e. The fourth-order valence-corrected chi connectivity index (χ4v) is 7.82. The number of pyridine rings is 2. The van der Waals surface area contributed by atoms with Gasteiger partial charge in [-0.05, 0) is 74.0 Å².